The van der Waals surface area contributed by atoms with E-state index in [2.05, 4.69) is 22.0 Å². The van der Waals surface area contributed by atoms with Gasteiger partial charge in [-0.1, -0.05) is 19.1 Å². The standard InChI is InChI=1S/C22H28N4O3/c1-3-20(27)26-11-8-16(13-26)21-23-19-14-25(10-9-18(19)22(28)24-21)12-15-4-6-17(29-2)7-5-15/h4-7,16H,3,8-14H2,1-2H3,(H,23,24,28)/t16-/m1/s1. The van der Waals surface area contributed by atoms with E-state index in [-0.39, 0.29) is 17.4 Å². The Kier molecular flexibility index (Phi) is 5.67. The van der Waals surface area contributed by atoms with E-state index in [9.17, 15) is 9.59 Å². The molecule has 1 atom stereocenters. The van der Waals surface area contributed by atoms with Crippen LogP contribution in [0.2, 0.25) is 0 Å². The predicted octanol–water partition coefficient (Wildman–Crippen LogP) is 2.06. The summed E-state index contributed by atoms with van der Waals surface area (Å²) in [4.78, 5) is 36.6. The molecule has 7 nitrogen and oxygen atoms in total. The number of H-pyrrole nitrogens is 1. The number of methoxy groups -OCH3 is 1. The maximum Gasteiger partial charge on any atom is 0.254 e. The lowest BCUT2D eigenvalue weighted by atomic mass is 10.0. The molecule has 1 saturated heterocycles. The molecule has 2 aliphatic heterocycles. The molecule has 1 N–H and O–H groups in total. The van der Waals surface area contributed by atoms with Crippen molar-refractivity contribution >= 4 is 5.91 Å². The Morgan fingerprint density at radius 3 is 2.79 bits per heavy atom. The van der Waals surface area contributed by atoms with Gasteiger partial charge in [-0.25, -0.2) is 4.98 Å². The third-order valence-corrected chi connectivity index (χ3v) is 5.97. The van der Waals surface area contributed by atoms with E-state index in [1.807, 2.05) is 24.0 Å². The summed E-state index contributed by atoms with van der Waals surface area (Å²) >= 11 is 0. The molecular weight excluding hydrogens is 368 g/mol. The second-order valence-electron chi connectivity index (χ2n) is 7.86. The van der Waals surface area contributed by atoms with Gasteiger partial charge in [0.2, 0.25) is 5.91 Å². The molecule has 0 unspecified atom stereocenters. The van der Waals surface area contributed by atoms with Crippen LogP contribution in [-0.2, 0) is 24.3 Å². The molecule has 0 bridgehead atoms. The van der Waals surface area contributed by atoms with Crippen molar-refractivity contribution in [3.63, 3.8) is 0 Å². The topological polar surface area (TPSA) is 78.5 Å². The Hall–Kier alpha value is -2.67. The molecule has 0 spiro atoms. The summed E-state index contributed by atoms with van der Waals surface area (Å²) in [6, 6.07) is 8.08. The maximum absolute atomic E-state index is 12.6. The van der Waals surface area contributed by atoms with Gasteiger partial charge in [-0.15, -0.1) is 0 Å². The molecule has 2 aliphatic rings. The summed E-state index contributed by atoms with van der Waals surface area (Å²) < 4.78 is 5.22. The number of ether oxygens (including phenoxy) is 1. The molecular formula is C22H28N4O3. The number of carbonyl (C=O) groups excluding carboxylic acids is 1. The van der Waals surface area contributed by atoms with E-state index in [0.29, 0.717) is 25.9 Å². The van der Waals surface area contributed by atoms with Crippen LogP contribution in [0.1, 0.15) is 48.3 Å². The van der Waals surface area contributed by atoms with Gasteiger partial charge in [0.05, 0.1) is 12.8 Å². The van der Waals surface area contributed by atoms with Crippen LogP contribution in [-0.4, -0.2) is 52.4 Å². The molecule has 29 heavy (non-hydrogen) atoms. The fraction of sp³-hybridized carbons (Fsp3) is 0.500. The molecule has 1 fully saturated rings. The Labute approximate surface area is 170 Å². The number of benzene rings is 1. The third-order valence-electron chi connectivity index (χ3n) is 5.97. The summed E-state index contributed by atoms with van der Waals surface area (Å²) in [6.45, 7) is 5.58. The lowest BCUT2D eigenvalue weighted by Gasteiger charge is -2.28. The minimum atomic E-state index is -0.0191. The summed E-state index contributed by atoms with van der Waals surface area (Å²) in [7, 11) is 1.67. The largest absolute Gasteiger partial charge is 0.497 e. The fourth-order valence-corrected chi connectivity index (χ4v) is 4.26. The van der Waals surface area contributed by atoms with Crippen molar-refractivity contribution in [3.8, 4) is 5.75 Å². The van der Waals surface area contributed by atoms with Crippen LogP contribution in [0.4, 0.5) is 0 Å². The molecule has 0 radical (unpaired) electrons. The summed E-state index contributed by atoms with van der Waals surface area (Å²) in [5, 5.41) is 0. The first-order valence-electron chi connectivity index (χ1n) is 10.3. The van der Waals surface area contributed by atoms with Gasteiger partial charge in [0, 0.05) is 50.6 Å². The van der Waals surface area contributed by atoms with E-state index < -0.39 is 0 Å². The fourth-order valence-electron chi connectivity index (χ4n) is 4.26. The quantitative estimate of drug-likeness (QED) is 0.837. The lowest BCUT2D eigenvalue weighted by molar-refractivity contribution is -0.129. The van der Waals surface area contributed by atoms with E-state index in [4.69, 9.17) is 9.72 Å². The number of aromatic amines is 1. The van der Waals surface area contributed by atoms with Crippen LogP contribution in [0.5, 0.6) is 5.75 Å². The highest BCUT2D eigenvalue weighted by Crippen LogP contribution is 2.26. The minimum Gasteiger partial charge on any atom is -0.497 e. The highest BCUT2D eigenvalue weighted by molar-refractivity contribution is 5.76. The normalized spacial score (nSPS) is 19.2. The second-order valence-corrected chi connectivity index (χ2v) is 7.86. The number of nitrogens with one attached hydrogen (secondary N) is 1. The van der Waals surface area contributed by atoms with Gasteiger partial charge in [0.1, 0.15) is 11.6 Å². The lowest BCUT2D eigenvalue weighted by Crippen LogP contribution is -2.36. The van der Waals surface area contributed by atoms with Gasteiger partial charge < -0.3 is 14.6 Å². The van der Waals surface area contributed by atoms with Gasteiger partial charge in [-0.2, -0.15) is 0 Å². The molecule has 1 aromatic heterocycles. The summed E-state index contributed by atoms with van der Waals surface area (Å²) in [5.41, 5.74) is 2.88. The zero-order valence-electron chi connectivity index (χ0n) is 17.1. The molecule has 0 saturated carbocycles. The summed E-state index contributed by atoms with van der Waals surface area (Å²) in [5.74, 6) is 1.85. The molecule has 3 heterocycles. The van der Waals surface area contributed by atoms with Crippen LogP contribution < -0.4 is 10.3 Å². The number of hydrogen-bond donors (Lipinski definition) is 1. The molecule has 1 aromatic carbocycles. The Balaban J connectivity index is 1.48. The van der Waals surface area contributed by atoms with Crippen LogP contribution in [0.25, 0.3) is 0 Å². The molecule has 4 rings (SSSR count). The smallest absolute Gasteiger partial charge is 0.254 e. The number of fused-ring (bicyclic) bond motifs is 1. The number of carbonyl (C=O) groups is 1. The number of amides is 1. The van der Waals surface area contributed by atoms with Crippen LogP contribution in [0.15, 0.2) is 29.1 Å². The molecule has 0 aliphatic carbocycles. The van der Waals surface area contributed by atoms with Gasteiger partial charge in [-0.05, 0) is 30.5 Å². The van der Waals surface area contributed by atoms with Gasteiger partial charge in [-0.3, -0.25) is 14.5 Å². The molecule has 7 heteroatoms. The van der Waals surface area contributed by atoms with Crippen molar-refractivity contribution in [3.05, 3.63) is 57.3 Å². The molecule has 1 amide bonds. The Morgan fingerprint density at radius 1 is 1.28 bits per heavy atom. The molecule has 154 valence electrons. The SMILES string of the molecule is CCC(=O)N1CC[C@@H](c2nc3c(c(=O)[nH]2)CCN(Cc2ccc(OC)cc2)C3)C1. The van der Waals surface area contributed by atoms with E-state index in [1.54, 1.807) is 7.11 Å². The number of rotatable bonds is 5. The third kappa shape index (κ3) is 4.19. The van der Waals surface area contributed by atoms with E-state index in [0.717, 1.165) is 48.9 Å². The van der Waals surface area contributed by atoms with E-state index >= 15 is 0 Å². The summed E-state index contributed by atoms with van der Waals surface area (Å²) in [6.07, 6.45) is 2.07. The average molecular weight is 396 g/mol. The highest BCUT2D eigenvalue weighted by Gasteiger charge is 2.30. The first-order valence-corrected chi connectivity index (χ1v) is 10.3. The van der Waals surface area contributed by atoms with Gasteiger partial charge in [0.25, 0.3) is 5.56 Å². The van der Waals surface area contributed by atoms with Crippen molar-refractivity contribution < 1.29 is 9.53 Å². The van der Waals surface area contributed by atoms with Crippen molar-refractivity contribution in [1.82, 2.24) is 19.8 Å². The first-order chi connectivity index (χ1) is 14.1. The van der Waals surface area contributed by atoms with Gasteiger partial charge >= 0.3 is 0 Å². The van der Waals surface area contributed by atoms with Crippen LogP contribution >= 0.6 is 0 Å². The molecule has 2 aromatic rings. The Morgan fingerprint density at radius 2 is 2.07 bits per heavy atom. The number of nitrogens with zero attached hydrogens (tertiary/aromatic N) is 3. The van der Waals surface area contributed by atoms with E-state index in [1.165, 1.54) is 5.56 Å². The number of likely N-dealkylation sites (tertiary alicyclic amines) is 1. The minimum absolute atomic E-state index is 0.0191. The van der Waals surface area contributed by atoms with Crippen LogP contribution in [0, 0.1) is 0 Å². The number of hydrogen-bond acceptors (Lipinski definition) is 5. The van der Waals surface area contributed by atoms with Crippen molar-refractivity contribution in [1.29, 1.82) is 0 Å². The zero-order valence-corrected chi connectivity index (χ0v) is 17.1. The second kappa shape index (κ2) is 8.37. The van der Waals surface area contributed by atoms with Gasteiger partial charge in [0.15, 0.2) is 0 Å². The van der Waals surface area contributed by atoms with Crippen molar-refractivity contribution in [2.45, 2.75) is 45.2 Å². The Bertz CT molecular complexity index is 938. The monoisotopic (exact) mass is 396 g/mol. The van der Waals surface area contributed by atoms with Crippen LogP contribution in [0.3, 0.4) is 0 Å². The first kappa shape index (κ1) is 19.6. The zero-order chi connectivity index (χ0) is 20.4. The maximum atomic E-state index is 12.6. The van der Waals surface area contributed by atoms with Crippen molar-refractivity contribution in [2.75, 3.05) is 26.7 Å². The predicted molar refractivity (Wildman–Crippen MR) is 110 cm³/mol. The number of aromatic nitrogens is 2. The highest BCUT2D eigenvalue weighted by atomic mass is 16.5. The average Bonchev–Trinajstić information content (AvgIpc) is 3.24. The van der Waals surface area contributed by atoms with Crippen molar-refractivity contribution in [2.24, 2.45) is 0 Å².